The van der Waals surface area contributed by atoms with Gasteiger partial charge in [0.25, 0.3) is 0 Å². The molecule has 0 aromatic rings. The van der Waals surface area contributed by atoms with E-state index in [0.29, 0.717) is 13.0 Å². The van der Waals surface area contributed by atoms with E-state index in [-0.39, 0.29) is 12.8 Å². The summed E-state index contributed by atoms with van der Waals surface area (Å²) in [5.74, 6) is 0.667. The highest BCUT2D eigenvalue weighted by Crippen LogP contribution is 1.97. The van der Waals surface area contributed by atoms with E-state index in [1.54, 1.807) is 0 Å². The van der Waals surface area contributed by atoms with Gasteiger partial charge in [-0.25, -0.2) is 9.59 Å². The molecule has 0 fully saturated rings. The van der Waals surface area contributed by atoms with Crippen molar-refractivity contribution in [3.63, 3.8) is 0 Å². The highest BCUT2D eigenvalue weighted by atomic mass is 16.4. The highest BCUT2D eigenvalue weighted by Gasteiger charge is 2.20. The molecule has 0 unspecified atom stereocenters. The first-order valence-corrected chi connectivity index (χ1v) is 5.96. The molecule has 0 aliphatic carbocycles. The van der Waals surface area contributed by atoms with Crippen LogP contribution in [-0.4, -0.2) is 35.6 Å². The molecule has 7 nitrogen and oxygen atoms in total. The van der Waals surface area contributed by atoms with Gasteiger partial charge in [0.2, 0.25) is 5.91 Å². The van der Waals surface area contributed by atoms with E-state index in [4.69, 9.17) is 17.3 Å². The van der Waals surface area contributed by atoms with E-state index in [9.17, 15) is 14.4 Å². The average Bonchev–Trinajstić information content (AvgIpc) is 2.33. The number of urea groups is 1. The second kappa shape index (κ2) is 9.76. The van der Waals surface area contributed by atoms with E-state index < -0.39 is 23.9 Å². The van der Waals surface area contributed by atoms with Crippen molar-refractivity contribution in [1.82, 2.24) is 10.6 Å². The van der Waals surface area contributed by atoms with Gasteiger partial charge in [-0.15, -0.1) is 12.3 Å². The topological polar surface area (TPSA) is 122 Å². The van der Waals surface area contributed by atoms with Crippen molar-refractivity contribution in [2.24, 2.45) is 5.73 Å². The molecule has 0 aromatic heterocycles. The second-order valence-corrected chi connectivity index (χ2v) is 3.96. The maximum Gasteiger partial charge on any atom is 0.326 e. The van der Waals surface area contributed by atoms with Crippen molar-refractivity contribution in [3.8, 4) is 12.3 Å². The number of primary amides is 1. The number of nitrogens with one attached hydrogen (secondary N) is 2. The van der Waals surface area contributed by atoms with Crippen LogP contribution < -0.4 is 16.4 Å². The molecule has 5 N–H and O–H groups in total. The van der Waals surface area contributed by atoms with E-state index in [1.807, 2.05) is 0 Å². The fourth-order valence-electron chi connectivity index (χ4n) is 1.31. The molecular weight excluding hydrogens is 250 g/mol. The third kappa shape index (κ3) is 9.47. The zero-order valence-electron chi connectivity index (χ0n) is 10.6. The third-order valence-corrected chi connectivity index (χ3v) is 2.32. The first kappa shape index (κ1) is 16.8. The molecule has 0 heterocycles. The number of hydrogen-bond acceptors (Lipinski definition) is 3. The summed E-state index contributed by atoms with van der Waals surface area (Å²) in [6.45, 7) is 0.412. The summed E-state index contributed by atoms with van der Waals surface area (Å²) in [4.78, 5) is 32.8. The fourth-order valence-corrected chi connectivity index (χ4v) is 1.31. The Kier molecular flexibility index (Phi) is 8.62. The fraction of sp³-hybridized carbons (Fsp3) is 0.583. The lowest BCUT2D eigenvalue weighted by molar-refractivity contribution is -0.139. The molecule has 0 bridgehead atoms. The van der Waals surface area contributed by atoms with Crippen LogP contribution in [0.1, 0.15) is 32.1 Å². The van der Waals surface area contributed by atoms with Crippen molar-refractivity contribution < 1.29 is 19.5 Å². The standard InChI is InChI=1S/C12H19N3O4/c1-2-3-4-5-8-14-12(19)15-9(11(17)18)6-7-10(13)16/h1,9H,3-8H2,(H2,13,16)(H,17,18)(H2,14,15,19)/t9-/m1/s1. The SMILES string of the molecule is C#CCCCCNC(=O)N[C@H](CCC(N)=O)C(=O)O. The monoisotopic (exact) mass is 269 g/mol. The van der Waals surface area contributed by atoms with Crippen molar-refractivity contribution in [2.75, 3.05) is 6.54 Å². The Bertz CT molecular complexity index is 362. The predicted octanol–water partition coefficient (Wildman–Crippen LogP) is -0.192. The van der Waals surface area contributed by atoms with Crippen LogP contribution >= 0.6 is 0 Å². The van der Waals surface area contributed by atoms with Crippen LogP contribution in [0.2, 0.25) is 0 Å². The molecule has 0 saturated carbocycles. The van der Waals surface area contributed by atoms with Gasteiger partial charge in [-0.3, -0.25) is 4.79 Å². The number of nitrogens with two attached hydrogens (primary N) is 1. The van der Waals surface area contributed by atoms with Crippen LogP contribution in [0.3, 0.4) is 0 Å². The minimum Gasteiger partial charge on any atom is -0.480 e. The summed E-state index contributed by atoms with van der Waals surface area (Å²) < 4.78 is 0. The Morgan fingerprint density at radius 3 is 2.53 bits per heavy atom. The zero-order chi connectivity index (χ0) is 14.7. The number of hydrogen-bond donors (Lipinski definition) is 4. The minimum absolute atomic E-state index is 0.0326. The number of amides is 3. The second-order valence-electron chi connectivity index (χ2n) is 3.96. The largest absolute Gasteiger partial charge is 0.480 e. The summed E-state index contributed by atoms with van der Waals surface area (Å²) in [5.41, 5.74) is 4.92. The lowest BCUT2D eigenvalue weighted by Crippen LogP contribution is -2.46. The Labute approximate surface area is 111 Å². The number of unbranched alkanes of at least 4 members (excludes halogenated alkanes) is 2. The van der Waals surface area contributed by atoms with E-state index in [0.717, 1.165) is 12.8 Å². The number of carboxylic acid groups (broad SMARTS) is 1. The number of carbonyl (C=O) groups excluding carboxylic acids is 2. The smallest absolute Gasteiger partial charge is 0.326 e. The van der Waals surface area contributed by atoms with E-state index in [1.165, 1.54) is 0 Å². The lowest BCUT2D eigenvalue weighted by atomic mass is 10.1. The summed E-state index contributed by atoms with van der Waals surface area (Å²) >= 11 is 0. The van der Waals surface area contributed by atoms with Gasteiger partial charge in [0.15, 0.2) is 0 Å². The molecule has 1 atom stereocenters. The van der Waals surface area contributed by atoms with Gasteiger partial charge in [0.05, 0.1) is 0 Å². The van der Waals surface area contributed by atoms with Crippen molar-refractivity contribution in [1.29, 1.82) is 0 Å². The summed E-state index contributed by atoms with van der Waals surface area (Å²) in [6.07, 6.45) is 7.09. The molecule has 0 saturated heterocycles. The first-order valence-electron chi connectivity index (χ1n) is 5.96. The van der Waals surface area contributed by atoms with Gasteiger partial charge in [-0.1, -0.05) is 0 Å². The number of carbonyl (C=O) groups is 3. The molecule has 0 spiro atoms. The Morgan fingerprint density at radius 2 is 2.00 bits per heavy atom. The van der Waals surface area contributed by atoms with Crippen molar-refractivity contribution in [2.45, 2.75) is 38.1 Å². The molecule has 19 heavy (non-hydrogen) atoms. The molecule has 7 heteroatoms. The molecule has 106 valence electrons. The van der Waals surface area contributed by atoms with Gasteiger partial charge in [-0.2, -0.15) is 0 Å². The number of aliphatic carboxylic acids is 1. The zero-order valence-corrected chi connectivity index (χ0v) is 10.6. The Hall–Kier alpha value is -2.23. The Morgan fingerprint density at radius 1 is 1.32 bits per heavy atom. The van der Waals surface area contributed by atoms with Gasteiger partial charge in [-0.05, 0) is 19.3 Å². The first-order chi connectivity index (χ1) is 8.97. The van der Waals surface area contributed by atoms with E-state index in [2.05, 4.69) is 16.6 Å². The maximum atomic E-state index is 11.4. The van der Waals surface area contributed by atoms with Crippen molar-refractivity contribution in [3.05, 3.63) is 0 Å². The van der Waals surface area contributed by atoms with Gasteiger partial charge in [0, 0.05) is 19.4 Å². The summed E-state index contributed by atoms with van der Waals surface area (Å²) in [6, 6.07) is -1.71. The summed E-state index contributed by atoms with van der Waals surface area (Å²) in [7, 11) is 0. The van der Waals surface area contributed by atoms with Crippen LogP contribution in [0.25, 0.3) is 0 Å². The minimum atomic E-state index is -1.20. The van der Waals surface area contributed by atoms with Gasteiger partial charge >= 0.3 is 12.0 Å². The van der Waals surface area contributed by atoms with Gasteiger partial charge < -0.3 is 21.5 Å². The molecule has 3 amide bonds. The number of rotatable bonds is 9. The average molecular weight is 269 g/mol. The van der Waals surface area contributed by atoms with Crippen LogP contribution in [0.15, 0.2) is 0 Å². The van der Waals surface area contributed by atoms with Gasteiger partial charge in [0.1, 0.15) is 6.04 Å². The van der Waals surface area contributed by atoms with Crippen LogP contribution in [0.5, 0.6) is 0 Å². The molecule has 0 rings (SSSR count). The quantitative estimate of drug-likeness (QED) is 0.342. The summed E-state index contributed by atoms with van der Waals surface area (Å²) in [5, 5.41) is 13.6. The maximum absolute atomic E-state index is 11.4. The van der Waals surface area contributed by atoms with Crippen LogP contribution in [0, 0.1) is 12.3 Å². The van der Waals surface area contributed by atoms with Crippen LogP contribution in [-0.2, 0) is 9.59 Å². The molecular formula is C12H19N3O4. The number of terminal acetylenes is 1. The van der Waals surface area contributed by atoms with Crippen molar-refractivity contribution >= 4 is 17.9 Å². The Balaban J connectivity index is 3.94. The highest BCUT2D eigenvalue weighted by molar-refractivity contribution is 5.83. The molecule has 0 radical (unpaired) electrons. The number of carboxylic acids is 1. The molecule has 0 aliphatic heterocycles. The molecule has 0 aliphatic rings. The molecule has 0 aromatic carbocycles. The lowest BCUT2D eigenvalue weighted by Gasteiger charge is -2.14. The van der Waals surface area contributed by atoms with E-state index >= 15 is 0 Å². The normalized spacial score (nSPS) is 11.1. The predicted molar refractivity (Wildman–Crippen MR) is 69.1 cm³/mol. The third-order valence-electron chi connectivity index (χ3n) is 2.32. The van der Waals surface area contributed by atoms with Crippen LogP contribution in [0.4, 0.5) is 4.79 Å².